The molecule has 2 nitrogen and oxygen atoms in total. The molecule has 154 valence electrons. The van der Waals surface area contributed by atoms with Crippen molar-refractivity contribution in [3.8, 4) is 5.75 Å². The molecular formula is C27H34O2. The molecule has 0 aromatic heterocycles. The fourth-order valence-electron chi connectivity index (χ4n) is 5.94. The van der Waals surface area contributed by atoms with Gasteiger partial charge in [-0.2, -0.15) is 0 Å². The molecule has 2 aromatic rings. The summed E-state index contributed by atoms with van der Waals surface area (Å²) in [6.45, 7) is 11.1. The van der Waals surface area contributed by atoms with E-state index in [1.807, 2.05) is 31.2 Å². The smallest absolute Gasteiger partial charge is 0.317 e. The minimum Gasteiger partial charge on any atom is -0.426 e. The van der Waals surface area contributed by atoms with Crippen LogP contribution in [0.5, 0.6) is 5.75 Å². The van der Waals surface area contributed by atoms with Gasteiger partial charge in [0.2, 0.25) is 0 Å². The van der Waals surface area contributed by atoms with E-state index >= 15 is 0 Å². The first-order chi connectivity index (χ1) is 13.7. The van der Waals surface area contributed by atoms with Crippen LogP contribution in [0.3, 0.4) is 0 Å². The van der Waals surface area contributed by atoms with Gasteiger partial charge in [-0.1, -0.05) is 63.1 Å². The largest absolute Gasteiger partial charge is 0.426 e. The summed E-state index contributed by atoms with van der Waals surface area (Å²) in [7, 11) is 0. The predicted molar refractivity (Wildman–Crippen MR) is 118 cm³/mol. The highest BCUT2D eigenvalue weighted by atomic mass is 16.5. The van der Waals surface area contributed by atoms with Crippen molar-refractivity contribution in [3.05, 3.63) is 64.7 Å². The number of carbonyl (C=O) groups is 1. The lowest BCUT2D eigenvalue weighted by Crippen LogP contribution is -2.53. The summed E-state index contributed by atoms with van der Waals surface area (Å²) in [6.07, 6.45) is 5.25. The molecule has 2 aliphatic carbocycles. The molecule has 0 saturated heterocycles. The van der Waals surface area contributed by atoms with E-state index in [2.05, 4.69) is 45.9 Å². The Hall–Kier alpha value is -2.09. The Morgan fingerprint density at radius 1 is 1.07 bits per heavy atom. The van der Waals surface area contributed by atoms with Gasteiger partial charge in [0.05, 0.1) is 5.41 Å². The van der Waals surface area contributed by atoms with E-state index in [1.165, 1.54) is 22.3 Å². The van der Waals surface area contributed by atoms with Crippen LogP contribution < -0.4 is 4.74 Å². The lowest BCUT2D eigenvalue weighted by atomic mass is 9.49. The van der Waals surface area contributed by atoms with Crippen molar-refractivity contribution in [3.63, 3.8) is 0 Å². The number of rotatable bonds is 3. The third-order valence-electron chi connectivity index (χ3n) is 7.74. The highest BCUT2D eigenvalue weighted by Gasteiger charge is 2.55. The zero-order chi connectivity index (χ0) is 20.8. The minimum atomic E-state index is -0.438. The molecule has 0 N–H and O–H groups in total. The maximum Gasteiger partial charge on any atom is 0.317 e. The lowest BCUT2D eigenvalue weighted by Gasteiger charge is -2.54. The Bertz CT molecular complexity index is 911. The Morgan fingerprint density at radius 3 is 2.48 bits per heavy atom. The Labute approximate surface area is 175 Å². The van der Waals surface area contributed by atoms with Crippen LogP contribution in [0.2, 0.25) is 0 Å². The zero-order valence-electron chi connectivity index (χ0n) is 18.5. The number of ether oxygens (including phenoxy) is 1. The monoisotopic (exact) mass is 390 g/mol. The van der Waals surface area contributed by atoms with E-state index in [9.17, 15) is 4.79 Å². The maximum absolute atomic E-state index is 13.4. The fraction of sp³-hybridized carbons (Fsp3) is 0.519. The summed E-state index contributed by atoms with van der Waals surface area (Å²) in [5.41, 5.74) is 5.15. The molecule has 2 aliphatic rings. The van der Waals surface area contributed by atoms with Gasteiger partial charge >= 0.3 is 5.97 Å². The van der Waals surface area contributed by atoms with Crippen LogP contribution in [-0.4, -0.2) is 5.97 Å². The van der Waals surface area contributed by atoms with Gasteiger partial charge in [0.1, 0.15) is 5.75 Å². The van der Waals surface area contributed by atoms with Gasteiger partial charge in [0, 0.05) is 0 Å². The molecule has 0 aliphatic heterocycles. The van der Waals surface area contributed by atoms with Gasteiger partial charge in [0.25, 0.3) is 0 Å². The summed E-state index contributed by atoms with van der Waals surface area (Å²) in [4.78, 5) is 13.4. The number of benzene rings is 2. The summed E-state index contributed by atoms with van der Waals surface area (Å²) in [6, 6.07) is 14.9. The Balaban J connectivity index is 1.65. The van der Waals surface area contributed by atoms with E-state index in [1.54, 1.807) is 0 Å². The normalized spacial score (nSPS) is 28.6. The van der Waals surface area contributed by atoms with Gasteiger partial charge in [0.15, 0.2) is 0 Å². The highest BCUT2D eigenvalue weighted by Crippen LogP contribution is 2.57. The van der Waals surface area contributed by atoms with E-state index in [0.29, 0.717) is 17.6 Å². The fourth-order valence-corrected chi connectivity index (χ4v) is 5.94. The first-order valence-electron chi connectivity index (χ1n) is 11.2. The standard InChI is InChI=1S/C27H34O2/c1-18(2)20-9-13-23-21(17-20)10-14-24-26(23,4)15-6-16-27(24,5)25(28)29-22-11-7-19(3)8-12-22/h7-9,11-13,17-18,24H,6,10,14-16H2,1-5H3/t24-,26-,27-/m1/s1. The van der Waals surface area contributed by atoms with Gasteiger partial charge in [-0.3, -0.25) is 4.79 Å². The third-order valence-corrected chi connectivity index (χ3v) is 7.74. The third kappa shape index (κ3) is 3.41. The number of carbonyl (C=O) groups excluding carboxylic acids is 1. The second-order valence-electron chi connectivity index (χ2n) is 10.1. The number of fused-ring (bicyclic) bond motifs is 3. The van der Waals surface area contributed by atoms with Crippen molar-refractivity contribution < 1.29 is 9.53 Å². The first-order valence-corrected chi connectivity index (χ1v) is 11.2. The summed E-state index contributed by atoms with van der Waals surface area (Å²) < 4.78 is 5.91. The van der Waals surface area contributed by atoms with Crippen molar-refractivity contribution in [1.82, 2.24) is 0 Å². The molecule has 3 atom stereocenters. The molecule has 2 heteroatoms. The second kappa shape index (κ2) is 7.31. The lowest BCUT2D eigenvalue weighted by molar-refractivity contribution is -0.154. The van der Waals surface area contributed by atoms with Crippen molar-refractivity contribution >= 4 is 5.97 Å². The van der Waals surface area contributed by atoms with Crippen LogP contribution in [-0.2, 0) is 16.6 Å². The van der Waals surface area contributed by atoms with Gasteiger partial charge in [-0.05, 0) is 85.6 Å². The van der Waals surface area contributed by atoms with E-state index in [4.69, 9.17) is 4.74 Å². The maximum atomic E-state index is 13.4. The van der Waals surface area contributed by atoms with Crippen LogP contribution in [0.1, 0.15) is 81.5 Å². The molecule has 1 saturated carbocycles. The highest BCUT2D eigenvalue weighted by molar-refractivity contribution is 5.80. The van der Waals surface area contributed by atoms with Gasteiger partial charge in [-0.25, -0.2) is 0 Å². The number of esters is 1. The Morgan fingerprint density at radius 2 is 1.79 bits per heavy atom. The van der Waals surface area contributed by atoms with Crippen molar-refractivity contribution in [2.75, 3.05) is 0 Å². The van der Waals surface area contributed by atoms with Crippen molar-refractivity contribution in [2.24, 2.45) is 11.3 Å². The van der Waals surface area contributed by atoms with Crippen LogP contribution in [0.4, 0.5) is 0 Å². The van der Waals surface area contributed by atoms with E-state index in [0.717, 1.165) is 32.1 Å². The molecule has 4 rings (SSSR count). The van der Waals surface area contributed by atoms with Gasteiger partial charge < -0.3 is 4.74 Å². The molecule has 0 radical (unpaired) electrons. The van der Waals surface area contributed by atoms with Crippen molar-refractivity contribution in [2.45, 2.75) is 78.1 Å². The quantitative estimate of drug-likeness (QED) is 0.429. The average Bonchev–Trinajstić information content (AvgIpc) is 2.69. The zero-order valence-corrected chi connectivity index (χ0v) is 18.5. The molecule has 0 unspecified atom stereocenters. The number of aryl methyl sites for hydroxylation is 2. The first kappa shape index (κ1) is 20.2. The van der Waals surface area contributed by atoms with Gasteiger partial charge in [-0.15, -0.1) is 0 Å². The second-order valence-corrected chi connectivity index (χ2v) is 10.1. The average molecular weight is 391 g/mol. The summed E-state index contributed by atoms with van der Waals surface area (Å²) in [5, 5.41) is 0. The molecular weight excluding hydrogens is 356 g/mol. The summed E-state index contributed by atoms with van der Waals surface area (Å²) in [5.74, 6) is 1.47. The van der Waals surface area contributed by atoms with Crippen LogP contribution in [0, 0.1) is 18.3 Å². The van der Waals surface area contributed by atoms with E-state index < -0.39 is 5.41 Å². The summed E-state index contributed by atoms with van der Waals surface area (Å²) >= 11 is 0. The van der Waals surface area contributed by atoms with Crippen LogP contribution in [0.25, 0.3) is 0 Å². The molecule has 0 amide bonds. The Kier molecular flexibility index (Phi) is 5.09. The molecule has 29 heavy (non-hydrogen) atoms. The predicted octanol–water partition coefficient (Wildman–Crippen LogP) is 6.73. The molecule has 2 aromatic carbocycles. The minimum absolute atomic E-state index is 0.0440. The molecule has 0 bridgehead atoms. The molecule has 1 fully saturated rings. The molecule has 0 spiro atoms. The SMILES string of the molecule is Cc1ccc(OC(=O)[C@]2(C)CCC[C@]3(C)c4ccc(C(C)C)cc4CC[C@@H]23)cc1. The van der Waals surface area contributed by atoms with Crippen LogP contribution in [0.15, 0.2) is 42.5 Å². The number of hydrogen-bond acceptors (Lipinski definition) is 2. The topological polar surface area (TPSA) is 26.3 Å². The van der Waals surface area contributed by atoms with E-state index in [-0.39, 0.29) is 11.4 Å². The van der Waals surface area contributed by atoms with Crippen LogP contribution >= 0.6 is 0 Å². The number of hydrogen-bond donors (Lipinski definition) is 0. The molecule has 0 heterocycles. The van der Waals surface area contributed by atoms with Crippen molar-refractivity contribution in [1.29, 1.82) is 0 Å².